The molecule has 1 aromatic carbocycles. The zero-order chi connectivity index (χ0) is 17.2. The van der Waals surface area contributed by atoms with E-state index in [1.165, 1.54) is 0 Å². The molecule has 1 aliphatic rings. The number of aromatic nitrogens is 4. The van der Waals surface area contributed by atoms with Crippen molar-refractivity contribution in [1.29, 1.82) is 0 Å². The van der Waals surface area contributed by atoms with E-state index in [1.807, 2.05) is 30.3 Å². The molecule has 130 valence electrons. The summed E-state index contributed by atoms with van der Waals surface area (Å²) in [7, 11) is 0. The second-order valence-electron chi connectivity index (χ2n) is 6.66. The molecule has 0 saturated carbocycles. The van der Waals surface area contributed by atoms with Crippen molar-refractivity contribution >= 4 is 0 Å². The molecule has 0 radical (unpaired) electrons. The molecule has 0 aliphatic carbocycles. The van der Waals surface area contributed by atoms with Crippen molar-refractivity contribution in [3.63, 3.8) is 0 Å². The number of rotatable bonds is 5. The Morgan fingerprint density at radius 3 is 2.72 bits per heavy atom. The van der Waals surface area contributed by atoms with Crippen LogP contribution in [0.15, 0.2) is 39.4 Å². The van der Waals surface area contributed by atoms with Crippen LogP contribution in [0.5, 0.6) is 0 Å². The Morgan fingerprint density at radius 2 is 1.96 bits per heavy atom. The topological polar surface area (TPSA) is 81.1 Å². The number of hydrogen-bond donors (Lipinski definition) is 0. The standard InChI is InChI=1S/C18H21N5O2/c1-12(2)16-20-18(25-22-16)14-9-6-10-23(14)11-15-19-17(24-21-15)13-7-4-3-5-8-13/h3-5,7-8,12,14H,6,9-11H2,1-2H3/t14-/m1/s1. The van der Waals surface area contributed by atoms with Gasteiger partial charge in [-0.1, -0.05) is 42.4 Å². The Labute approximate surface area is 146 Å². The molecule has 1 saturated heterocycles. The largest absolute Gasteiger partial charge is 0.338 e. The Hall–Kier alpha value is -2.54. The van der Waals surface area contributed by atoms with Gasteiger partial charge in [0.1, 0.15) is 0 Å². The van der Waals surface area contributed by atoms with Crippen molar-refractivity contribution in [1.82, 2.24) is 25.2 Å². The van der Waals surface area contributed by atoms with Crippen LogP contribution >= 0.6 is 0 Å². The van der Waals surface area contributed by atoms with E-state index in [2.05, 4.69) is 39.0 Å². The minimum atomic E-state index is 0.124. The van der Waals surface area contributed by atoms with Gasteiger partial charge < -0.3 is 9.05 Å². The summed E-state index contributed by atoms with van der Waals surface area (Å²) in [5.41, 5.74) is 0.928. The molecule has 0 amide bonds. The Kier molecular flexibility index (Phi) is 4.31. The third kappa shape index (κ3) is 3.32. The van der Waals surface area contributed by atoms with E-state index >= 15 is 0 Å². The second-order valence-corrected chi connectivity index (χ2v) is 6.66. The highest BCUT2D eigenvalue weighted by molar-refractivity contribution is 5.51. The van der Waals surface area contributed by atoms with Crippen molar-refractivity contribution in [3.05, 3.63) is 47.9 Å². The van der Waals surface area contributed by atoms with Crippen molar-refractivity contribution in [2.24, 2.45) is 0 Å². The van der Waals surface area contributed by atoms with Crippen LogP contribution in [0.4, 0.5) is 0 Å². The first kappa shape index (κ1) is 16.0. The first-order chi connectivity index (χ1) is 12.2. The summed E-state index contributed by atoms with van der Waals surface area (Å²) in [6.45, 7) is 5.69. The van der Waals surface area contributed by atoms with Gasteiger partial charge >= 0.3 is 0 Å². The van der Waals surface area contributed by atoms with Crippen LogP contribution in [0, 0.1) is 0 Å². The van der Waals surface area contributed by atoms with Gasteiger partial charge in [0.25, 0.3) is 5.89 Å². The molecule has 7 heteroatoms. The van der Waals surface area contributed by atoms with Crippen molar-refractivity contribution in [3.8, 4) is 11.5 Å². The number of benzene rings is 1. The Morgan fingerprint density at radius 1 is 1.12 bits per heavy atom. The summed E-state index contributed by atoms with van der Waals surface area (Å²) in [6.07, 6.45) is 2.09. The summed E-state index contributed by atoms with van der Waals surface area (Å²) in [5.74, 6) is 2.93. The average molecular weight is 339 g/mol. The molecule has 7 nitrogen and oxygen atoms in total. The molecular weight excluding hydrogens is 318 g/mol. The van der Waals surface area contributed by atoms with E-state index in [0.717, 1.165) is 30.8 Å². The number of nitrogens with zero attached hydrogens (tertiary/aromatic N) is 5. The van der Waals surface area contributed by atoms with E-state index in [1.54, 1.807) is 0 Å². The maximum Gasteiger partial charge on any atom is 0.257 e. The molecule has 1 aliphatic heterocycles. The van der Waals surface area contributed by atoms with Crippen LogP contribution < -0.4 is 0 Å². The van der Waals surface area contributed by atoms with Gasteiger partial charge in [-0.2, -0.15) is 9.97 Å². The maximum atomic E-state index is 5.49. The summed E-state index contributed by atoms with van der Waals surface area (Å²) < 4.78 is 10.9. The lowest BCUT2D eigenvalue weighted by Crippen LogP contribution is -2.23. The van der Waals surface area contributed by atoms with Gasteiger partial charge in [-0.25, -0.2) is 0 Å². The highest BCUT2D eigenvalue weighted by Crippen LogP contribution is 2.32. The van der Waals surface area contributed by atoms with Crippen LogP contribution in [-0.2, 0) is 6.54 Å². The van der Waals surface area contributed by atoms with Gasteiger partial charge in [0.15, 0.2) is 11.6 Å². The molecule has 1 fully saturated rings. The van der Waals surface area contributed by atoms with Gasteiger partial charge in [-0.15, -0.1) is 0 Å². The molecule has 4 rings (SSSR count). The van der Waals surface area contributed by atoms with Gasteiger partial charge in [0, 0.05) is 11.5 Å². The first-order valence-corrected chi connectivity index (χ1v) is 8.66. The predicted octanol–water partition coefficient (Wildman–Crippen LogP) is 3.58. The number of hydrogen-bond acceptors (Lipinski definition) is 7. The van der Waals surface area contributed by atoms with Crippen LogP contribution in [0.3, 0.4) is 0 Å². The Bertz CT molecular complexity index is 827. The van der Waals surface area contributed by atoms with Gasteiger partial charge in [0.05, 0.1) is 12.6 Å². The van der Waals surface area contributed by atoms with Gasteiger partial charge in [-0.3, -0.25) is 4.90 Å². The van der Waals surface area contributed by atoms with Crippen LogP contribution in [0.25, 0.3) is 11.5 Å². The third-order valence-electron chi connectivity index (χ3n) is 4.46. The number of likely N-dealkylation sites (tertiary alicyclic amines) is 1. The van der Waals surface area contributed by atoms with Gasteiger partial charge in [0.2, 0.25) is 5.89 Å². The fraction of sp³-hybridized carbons (Fsp3) is 0.444. The van der Waals surface area contributed by atoms with E-state index < -0.39 is 0 Å². The van der Waals surface area contributed by atoms with Crippen molar-refractivity contribution in [2.75, 3.05) is 6.54 Å². The van der Waals surface area contributed by atoms with E-state index in [0.29, 0.717) is 24.2 Å². The quantitative estimate of drug-likeness (QED) is 0.702. The van der Waals surface area contributed by atoms with Gasteiger partial charge in [-0.05, 0) is 31.5 Å². The van der Waals surface area contributed by atoms with Crippen LogP contribution in [-0.4, -0.2) is 31.7 Å². The molecular formula is C18H21N5O2. The molecule has 0 bridgehead atoms. The molecule has 3 heterocycles. The monoisotopic (exact) mass is 339 g/mol. The zero-order valence-electron chi connectivity index (χ0n) is 14.4. The molecule has 3 aromatic rings. The molecule has 0 spiro atoms. The lowest BCUT2D eigenvalue weighted by molar-refractivity contribution is 0.195. The fourth-order valence-electron chi connectivity index (χ4n) is 3.11. The molecule has 0 unspecified atom stereocenters. The lowest BCUT2D eigenvalue weighted by atomic mass is 10.2. The summed E-state index contributed by atoms with van der Waals surface area (Å²) in [6, 6.07) is 9.92. The second kappa shape index (κ2) is 6.76. The third-order valence-corrected chi connectivity index (χ3v) is 4.46. The summed E-state index contributed by atoms with van der Waals surface area (Å²) >= 11 is 0. The minimum Gasteiger partial charge on any atom is -0.338 e. The maximum absolute atomic E-state index is 5.49. The first-order valence-electron chi connectivity index (χ1n) is 8.66. The fourth-order valence-corrected chi connectivity index (χ4v) is 3.11. The zero-order valence-corrected chi connectivity index (χ0v) is 14.4. The average Bonchev–Trinajstić information content (AvgIpc) is 3.36. The predicted molar refractivity (Wildman–Crippen MR) is 90.5 cm³/mol. The summed E-state index contributed by atoms with van der Waals surface area (Å²) in [5, 5.41) is 8.21. The lowest BCUT2D eigenvalue weighted by Gasteiger charge is -2.19. The SMILES string of the molecule is CC(C)c1noc([C@H]2CCCN2Cc2noc(-c3ccccc3)n2)n1. The molecule has 0 N–H and O–H groups in total. The smallest absolute Gasteiger partial charge is 0.257 e. The highest BCUT2D eigenvalue weighted by Gasteiger charge is 2.32. The normalized spacial score (nSPS) is 18.3. The van der Waals surface area contributed by atoms with E-state index in [9.17, 15) is 0 Å². The molecule has 1 atom stereocenters. The minimum absolute atomic E-state index is 0.124. The van der Waals surface area contributed by atoms with E-state index in [-0.39, 0.29) is 12.0 Å². The van der Waals surface area contributed by atoms with Crippen LogP contribution in [0.1, 0.15) is 56.2 Å². The van der Waals surface area contributed by atoms with Crippen molar-refractivity contribution < 1.29 is 9.05 Å². The summed E-state index contributed by atoms with van der Waals surface area (Å²) in [4.78, 5) is 11.3. The highest BCUT2D eigenvalue weighted by atomic mass is 16.5. The van der Waals surface area contributed by atoms with Crippen molar-refractivity contribution in [2.45, 2.75) is 45.2 Å². The molecule has 25 heavy (non-hydrogen) atoms. The molecule has 2 aromatic heterocycles. The Balaban J connectivity index is 1.49. The van der Waals surface area contributed by atoms with E-state index in [4.69, 9.17) is 9.05 Å². The van der Waals surface area contributed by atoms with Crippen LogP contribution in [0.2, 0.25) is 0 Å².